The highest BCUT2D eigenvalue weighted by molar-refractivity contribution is 6.32. The Balaban J connectivity index is 2.30. The van der Waals surface area contributed by atoms with Crippen LogP contribution in [-0.2, 0) is 0 Å². The molecule has 1 aliphatic rings. The predicted molar refractivity (Wildman–Crippen MR) is 88.4 cm³/mol. The van der Waals surface area contributed by atoms with E-state index in [1.807, 2.05) is 13.8 Å². The zero-order chi connectivity index (χ0) is 15.9. The molecule has 1 aromatic rings. The van der Waals surface area contributed by atoms with Crippen molar-refractivity contribution in [1.82, 2.24) is 5.32 Å². The van der Waals surface area contributed by atoms with Gasteiger partial charge in [-0.05, 0) is 38.3 Å². The van der Waals surface area contributed by atoms with Crippen molar-refractivity contribution in [1.29, 1.82) is 0 Å². The lowest BCUT2D eigenvalue weighted by atomic mass is 10.0. The third-order valence-corrected chi connectivity index (χ3v) is 3.90. The van der Waals surface area contributed by atoms with Gasteiger partial charge in [-0.25, -0.2) is 0 Å². The van der Waals surface area contributed by atoms with Crippen LogP contribution in [-0.4, -0.2) is 31.6 Å². The van der Waals surface area contributed by atoms with E-state index in [9.17, 15) is 4.79 Å². The molecule has 1 aliphatic heterocycles. The third-order valence-electron chi connectivity index (χ3n) is 3.60. The molecule has 0 radical (unpaired) electrons. The molecule has 0 bridgehead atoms. The van der Waals surface area contributed by atoms with Crippen LogP contribution in [0.25, 0.3) is 0 Å². The summed E-state index contributed by atoms with van der Waals surface area (Å²) in [5, 5.41) is 3.72. The van der Waals surface area contributed by atoms with Gasteiger partial charge in [0, 0.05) is 6.07 Å². The summed E-state index contributed by atoms with van der Waals surface area (Å²) in [7, 11) is 0. The molecule has 1 heterocycles. The fraction of sp³-hybridized carbons (Fsp3) is 0.588. The predicted octanol–water partition coefficient (Wildman–Crippen LogP) is 3.85. The van der Waals surface area contributed by atoms with E-state index in [0.717, 1.165) is 32.2 Å². The van der Waals surface area contributed by atoms with Crippen LogP contribution < -0.4 is 14.8 Å². The van der Waals surface area contributed by atoms with Gasteiger partial charge in [0.25, 0.3) is 0 Å². The second kappa shape index (κ2) is 8.39. The molecule has 1 aromatic carbocycles. The summed E-state index contributed by atoms with van der Waals surface area (Å²) in [5.74, 6) is 1.16. The van der Waals surface area contributed by atoms with E-state index < -0.39 is 0 Å². The number of halogens is 1. The van der Waals surface area contributed by atoms with Crippen LogP contribution >= 0.6 is 11.6 Å². The zero-order valence-corrected chi connectivity index (χ0v) is 14.0. The number of hydrogen-bond acceptors (Lipinski definition) is 4. The number of ketones is 1. The van der Waals surface area contributed by atoms with Crippen LogP contribution in [0.1, 0.15) is 49.9 Å². The van der Waals surface area contributed by atoms with Crippen molar-refractivity contribution in [2.24, 2.45) is 0 Å². The van der Waals surface area contributed by atoms with Gasteiger partial charge in [0.1, 0.15) is 11.5 Å². The largest absolute Gasteiger partial charge is 0.493 e. The van der Waals surface area contributed by atoms with E-state index in [0.29, 0.717) is 35.3 Å². The highest BCUT2D eigenvalue weighted by atomic mass is 35.5. The van der Waals surface area contributed by atoms with Crippen LogP contribution in [0.3, 0.4) is 0 Å². The summed E-state index contributed by atoms with van der Waals surface area (Å²) in [5.41, 5.74) is 0.559. The summed E-state index contributed by atoms with van der Waals surface area (Å²) in [4.78, 5) is 12.7. The number of Topliss-reactive ketones (excluding diaryl/α,β-unsaturated/α-hetero) is 1. The average Bonchev–Trinajstić information content (AvgIpc) is 3.05. The van der Waals surface area contributed by atoms with Gasteiger partial charge in [-0.2, -0.15) is 0 Å². The van der Waals surface area contributed by atoms with Crippen molar-refractivity contribution < 1.29 is 14.3 Å². The molecule has 2 rings (SSSR count). The highest BCUT2D eigenvalue weighted by Crippen LogP contribution is 2.34. The number of rotatable bonds is 8. The van der Waals surface area contributed by atoms with E-state index in [2.05, 4.69) is 5.32 Å². The first-order valence-electron chi connectivity index (χ1n) is 8.04. The molecule has 122 valence electrons. The second-order valence-electron chi connectivity index (χ2n) is 5.49. The normalized spacial score (nSPS) is 17.5. The fourth-order valence-corrected chi connectivity index (χ4v) is 2.69. The van der Waals surface area contributed by atoms with E-state index in [-0.39, 0.29) is 11.8 Å². The van der Waals surface area contributed by atoms with Crippen molar-refractivity contribution in [2.45, 2.75) is 45.6 Å². The molecule has 1 saturated heterocycles. The van der Waals surface area contributed by atoms with Crippen molar-refractivity contribution in [3.63, 3.8) is 0 Å². The van der Waals surface area contributed by atoms with Crippen LogP contribution in [0.5, 0.6) is 11.5 Å². The molecule has 0 spiro atoms. The maximum Gasteiger partial charge on any atom is 0.183 e. The molecule has 4 nitrogen and oxygen atoms in total. The Morgan fingerprint density at radius 2 is 1.91 bits per heavy atom. The molecule has 1 N–H and O–H groups in total. The summed E-state index contributed by atoms with van der Waals surface area (Å²) >= 11 is 6.25. The van der Waals surface area contributed by atoms with Crippen molar-refractivity contribution in [2.75, 3.05) is 19.8 Å². The maximum atomic E-state index is 12.7. The average molecular weight is 326 g/mol. The molecule has 0 aliphatic carbocycles. The van der Waals surface area contributed by atoms with Crippen molar-refractivity contribution in [3.8, 4) is 11.5 Å². The quantitative estimate of drug-likeness (QED) is 0.737. The molecule has 1 atom stereocenters. The van der Waals surface area contributed by atoms with Crippen LogP contribution in [0.4, 0.5) is 0 Å². The second-order valence-corrected chi connectivity index (χ2v) is 5.90. The van der Waals surface area contributed by atoms with Gasteiger partial charge in [-0.3, -0.25) is 4.79 Å². The van der Waals surface area contributed by atoms with Gasteiger partial charge < -0.3 is 14.8 Å². The van der Waals surface area contributed by atoms with E-state index >= 15 is 0 Å². The summed E-state index contributed by atoms with van der Waals surface area (Å²) in [6.45, 7) is 6.07. The topological polar surface area (TPSA) is 47.6 Å². The molecular weight excluding hydrogens is 302 g/mol. The molecule has 0 saturated carbocycles. The smallest absolute Gasteiger partial charge is 0.183 e. The van der Waals surface area contributed by atoms with Crippen molar-refractivity contribution >= 4 is 17.4 Å². The Morgan fingerprint density at radius 3 is 2.50 bits per heavy atom. The maximum absolute atomic E-state index is 12.7. The number of ether oxygens (including phenoxy) is 2. The number of hydrogen-bond donors (Lipinski definition) is 1. The Bertz CT molecular complexity index is 513. The molecule has 1 fully saturated rings. The minimum absolute atomic E-state index is 0.0571. The van der Waals surface area contributed by atoms with E-state index in [1.165, 1.54) is 0 Å². The minimum Gasteiger partial charge on any atom is -0.493 e. The summed E-state index contributed by atoms with van der Waals surface area (Å²) < 4.78 is 11.4. The van der Waals surface area contributed by atoms with E-state index in [4.69, 9.17) is 21.1 Å². The fourth-order valence-electron chi connectivity index (χ4n) is 2.48. The molecule has 0 aromatic heterocycles. The number of nitrogens with one attached hydrogen (secondary N) is 1. The first kappa shape index (κ1) is 17.1. The Morgan fingerprint density at radius 1 is 1.23 bits per heavy atom. The molecule has 1 unspecified atom stereocenters. The lowest BCUT2D eigenvalue weighted by Gasteiger charge is -2.16. The minimum atomic E-state index is -0.135. The number of carbonyl (C=O) groups excluding carboxylic acids is 1. The lowest BCUT2D eigenvalue weighted by molar-refractivity contribution is 0.0947. The van der Waals surface area contributed by atoms with E-state index in [1.54, 1.807) is 12.1 Å². The third kappa shape index (κ3) is 4.14. The van der Waals surface area contributed by atoms with Gasteiger partial charge in [-0.15, -0.1) is 0 Å². The zero-order valence-electron chi connectivity index (χ0n) is 13.3. The molecule has 0 amide bonds. The summed E-state index contributed by atoms with van der Waals surface area (Å²) in [6, 6.07) is 3.29. The Kier molecular flexibility index (Phi) is 6.52. The lowest BCUT2D eigenvalue weighted by Crippen LogP contribution is -2.31. The van der Waals surface area contributed by atoms with Crippen LogP contribution in [0.15, 0.2) is 12.1 Å². The molecule has 5 heteroatoms. The summed E-state index contributed by atoms with van der Waals surface area (Å²) in [6.07, 6.45) is 3.65. The van der Waals surface area contributed by atoms with Gasteiger partial charge in [-0.1, -0.05) is 25.4 Å². The first-order chi connectivity index (χ1) is 10.7. The van der Waals surface area contributed by atoms with Gasteiger partial charge >= 0.3 is 0 Å². The van der Waals surface area contributed by atoms with Crippen molar-refractivity contribution in [3.05, 3.63) is 22.7 Å². The standard InChI is InChI=1S/C17H24ClNO3/c1-3-8-21-15-11-13(18)16(22-9-4-2)10-12(15)17(20)14-6-5-7-19-14/h10-11,14,19H,3-9H2,1-2H3. The number of benzene rings is 1. The number of carbonyl (C=O) groups is 1. The van der Waals surface area contributed by atoms with Gasteiger partial charge in [0.15, 0.2) is 5.78 Å². The first-order valence-corrected chi connectivity index (χ1v) is 8.41. The van der Waals surface area contributed by atoms with Gasteiger partial charge in [0.05, 0.1) is 29.8 Å². The van der Waals surface area contributed by atoms with Crippen LogP contribution in [0.2, 0.25) is 5.02 Å². The molecular formula is C17H24ClNO3. The monoisotopic (exact) mass is 325 g/mol. The SMILES string of the molecule is CCCOc1cc(C(=O)C2CCCN2)c(OCCC)cc1Cl. The Labute approximate surface area is 137 Å². The molecule has 22 heavy (non-hydrogen) atoms. The highest BCUT2D eigenvalue weighted by Gasteiger charge is 2.27. The van der Waals surface area contributed by atoms with Crippen LogP contribution in [0, 0.1) is 0 Å². The van der Waals surface area contributed by atoms with Gasteiger partial charge in [0.2, 0.25) is 0 Å². The Hall–Kier alpha value is -1.26.